The van der Waals surface area contributed by atoms with Gasteiger partial charge in [0.05, 0.1) is 0 Å². The fourth-order valence-electron chi connectivity index (χ4n) is 0. The molecule has 0 aromatic rings. The average Bonchev–Trinajstić information content (AvgIpc) is 1.99. The number of aliphatic hydroxyl groups excluding tert-OH is 1. The zero-order valence-corrected chi connectivity index (χ0v) is 12.8. The van der Waals surface area contributed by atoms with Crippen molar-refractivity contribution in [2.75, 3.05) is 0 Å². The van der Waals surface area contributed by atoms with E-state index in [9.17, 15) is 4.79 Å². The standard InChI is InChI=1S/3C3H9N.C3H6O3/c3*1-3(2)4;1-2(4)3(5)6/h3*3H,4H2,1-2H3;2,4H,1H3,(H,5,6). The molecule has 18 heavy (non-hydrogen) atoms. The number of nitrogens with two attached hydrogens (primary N) is 3. The lowest BCUT2D eigenvalue weighted by Crippen LogP contribution is -2.13. The van der Waals surface area contributed by atoms with E-state index in [4.69, 9.17) is 27.4 Å². The van der Waals surface area contributed by atoms with E-state index in [-0.39, 0.29) is 0 Å². The second-order valence-electron chi connectivity index (χ2n) is 4.75. The average molecular weight is 267 g/mol. The molecule has 0 saturated carbocycles. The molecule has 0 rings (SSSR count). The molecule has 0 fully saturated rings. The monoisotopic (exact) mass is 267 g/mol. The minimum Gasteiger partial charge on any atom is -0.479 e. The highest BCUT2D eigenvalue weighted by atomic mass is 16.4. The van der Waals surface area contributed by atoms with Crippen LogP contribution in [-0.4, -0.2) is 40.4 Å². The topological polar surface area (TPSA) is 136 Å². The first-order chi connectivity index (χ1) is 7.84. The summed E-state index contributed by atoms with van der Waals surface area (Å²) in [6.45, 7) is 12.9. The molecule has 1 atom stereocenters. The highest BCUT2D eigenvalue weighted by Gasteiger charge is 2.01. The third kappa shape index (κ3) is 286. The number of carbonyl (C=O) groups is 1. The van der Waals surface area contributed by atoms with Crippen LogP contribution in [0.1, 0.15) is 48.5 Å². The normalized spacial score (nSPS) is 10.6. The van der Waals surface area contributed by atoms with Gasteiger partial charge in [-0.05, 0) is 25.0 Å². The Bertz CT molecular complexity index is 138. The maximum atomic E-state index is 9.45. The number of aliphatic carboxylic acids is 1. The van der Waals surface area contributed by atoms with E-state index in [2.05, 4.69) is 0 Å². The molecule has 0 aliphatic carbocycles. The molecule has 8 N–H and O–H groups in total. The molecule has 0 heterocycles. The van der Waals surface area contributed by atoms with Crippen LogP contribution in [0, 0.1) is 0 Å². The van der Waals surface area contributed by atoms with Gasteiger partial charge in [-0.1, -0.05) is 41.5 Å². The summed E-state index contributed by atoms with van der Waals surface area (Å²) in [5.41, 5.74) is 15.3. The van der Waals surface area contributed by atoms with Crippen molar-refractivity contribution in [1.82, 2.24) is 0 Å². The third-order valence-electron chi connectivity index (χ3n) is 0.357. The minimum absolute atomic E-state index is 0.333. The van der Waals surface area contributed by atoms with Crippen molar-refractivity contribution in [2.24, 2.45) is 17.2 Å². The van der Waals surface area contributed by atoms with Crippen LogP contribution < -0.4 is 17.2 Å². The van der Waals surface area contributed by atoms with Crippen molar-refractivity contribution < 1.29 is 15.0 Å². The van der Waals surface area contributed by atoms with Crippen LogP contribution in [0.15, 0.2) is 0 Å². The summed E-state index contributed by atoms with van der Waals surface area (Å²) in [7, 11) is 0. The van der Waals surface area contributed by atoms with Crippen molar-refractivity contribution in [2.45, 2.75) is 72.7 Å². The van der Waals surface area contributed by atoms with E-state index in [1.807, 2.05) is 41.5 Å². The smallest absolute Gasteiger partial charge is 0.332 e. The Morgan fingerprint density at radius 1 is 0.778 bits per heavy atom. The van der Waals surface area contributed by atoms with Crippen LogP contribution in [0.3, 0.4) is 0 Å². The third-order valence-corrected chi connectivity index (χ3v) is 0.357. The summed E-state index contributed by atoms with van der Waals surface area (Å²) in [6.07, 6.45) is -1.23. The zero-order chi connectivity index (χ0) is 15.9. The molecular weight excluding hydrogens is 234 g/mol. The van der Waals surface area contributed by atoms with Crippen molar-refractivity contribution in [3.63, 3.8) is 0 Å². The Balaban J connectivity index is -0.0000000742. The maximum Gasteiger partial charge on any atom is 0.332 e. The first-order valence-electron chi connectivity index (χ1n) is 6.02. The van der Waals surface area contributed by atoms with Crippen LogP contribution in [0.5, 0.6) is 0 Å². The van der Waals surface area contributed by atoms with Crippen molar-refractivity contribution in [3.05, 3.63) is 0 Å². The van der Waals surface area contributed by atoms with Crippen LogP contribution in [0.2, 0.25) is 0 Å². The summed E-state index contributed by atoms with van der Waals surface area (Å²) in [4.78, 5) is 9.45. The Kier molecular flexibility index (Phi) is 27.0. The van der Waals surface area contributed by atoms with Gasteiger partial charge in [-0.15, -0.1) is 0 Å². The van der Waals surface area contributed by atoms with Crippen molar-refractivity contribution in [3.8, 4) is 0 Å². The maximum absolute atomic E-state index is 9.45. The lowest BCUT2D eigenvalue weighted by atomic mass is 10.4. The molecule has 6 nitrogen and oxygen atoms in total. The van der Waals surface area contributed by atoms with E-state index in [0.29, 0.717) is 18.1 Å². The van der Waals surface area contributed by atoms with E-state index >= 15 is 0 Å². The number of rotatable bonds is 1. The number of carboxylic acid groups (broad SMARTS) is 1. The molecule has 0 saturated heterocycles. The fraction of sp³-hybridized carbons (Fsp3) is 0.917. The van der Waals surface area contributed by atoms with Gasteiger partial charge in [0.25, 0.3) is 0 Å². The zero-order valence-electron chi connectivity index (χ0n) is 12.8. The van der Waals surface area contributed by atoms with Crippen LogP contribution in [0.25, 0.3) is 0 Å². The summed E-state index contributed by atoms with van der Waals surface area (Å²) in [5.74, 6) is -1.19. The Hall–Kier alpha value is -0.690. The van der Waals surface area contributed by atoms with Gasteiger partial charge in [0, 0.05) is 0 Å². The van der Waals surface area contributed by atoms with E-state index < -0.39 is 12.1 Å². The molecule has 0 aromatic carbocycles. The lowest BCUT2D eigenvalue weighted by molar-refractivity contribution is -0.145. The van der Waals surface area contributed by atoms with Gasteiger partial charge in [0.2, 0.25) is 0 Å². The van der Waals surface area contributed by atoms with Gasteiger partial charge in [-0.2, -0.15) is 0 Å². The lowest BCUT2D eigenvalue weighted by Gasteiger charge is -1.89. The number of aliphatic hydroxyl groups is 1. The number of carboxylic acids is 1. The molecule has 6 heteroatoms. The van der Waals surface area contributed by atoms with Gasteiger partial charge >= 0.3 is 5.97 Å². The Labute approximate surface area is 112 Å². The highest BCUT2D eigenvalue weighted by Crippen LogP contribution is 1.73. The predicted molar refractivity (Wildman–Crippen MR) is 77.3 cm³/mol. The molecule has 0 aliphatic rings. The van der Waals surface area contributed by atoms with Crippen LogP contribution >= 0.6 is 0 Å². The SMILES string of the molecule is CC(C)N.CC(C)N.CC(C)N.CC(O)C(=O)O. The van der Waals surface area contributed by atoms with Gasteiger partial charge in [0.15, 0.2) is 0 Å². The first kappa shape index (κ1) is 26.0. The van der Waals surface area contributed by atoms with Gasteiger partial charge in [-0.3, -0.25) is 0 Å². The number of hydrogen-bond acceptors (Lipinski definition) is 5. The molecule has 1 unspecified atom stereocenters. The predicted octanol–water partition coefficient (Wildman–Crippen LogP) is 0.512. The summed E-state index contributed by atoms with van der Waals surface area (Å²) >= 11 is 0. The second-order valence-corrected chi connectivity index (χ2v) is 4.75. The van der Waals surface area contributed by atoms with E-state index in [1.165, 1.54) is 6.92 Å². The molecular formula is C12H33N3O3. The summed E-state index contributed by atoms with van der Waals surface area (Å²) in [6, 6.07) is 1.000. The number of hydrogen-bond donors (Lipinski definition) is 5. The largest absolute Gasteiger partial charge is 0.479 e. The van der Waals surface area contributed by atoms with Crippen molar-refractivity contribution >= 4 is 5.97 Å². The Morgan fingerprint density at radius 2 is 0.833 bits per heavy atom. The Morgan fingerprint density at radius 3 is 0.833 bits per heavy atom. The summed E-state index contributed by atoms with van der Waals surface area (Å²) < 4.78 is 0. The molecule has 0 spiro atoms. The van der Waals surface area contributed by atoms with Crippen LogP contribution in [-0.2, 0) is 4.79 Å². The minimum atomic E-state index is -1.23. The molecule has 0 amide bonds. The van der Waals surface area contributed by atoms with E-state index in [1.54, 1.807) is 0 Å². The van der Waals surface area contributed by atoms with Crippen molar-refractivity contribution in [1.29, 1.82) is 0 Å². The molecule has 0 bridgehead atoms. The molecule has 0 aliphatic heterocycles. The van der Waals surface area contributed by atoms with E-state index in [0.717, 1.165) is 0 Å². The molecule has 0 radical (unpaired) electrons. The highest BCUT2D eigenvalue weighted by molar-refractivity contribution is 5.71. The van der Waals surface area contributed by atoms with Gasteiger partial charge in [-0.25, -0.2) is 4.79 Å². The van der Waals surface area contributed by atoms with Gasteiger partial charge in [0.1, 0.15) is 6.10 Å². The first-order valence-corrected chi connectivity index (χ1v) is 6.02. The van der Waals surface area contributed by atoms with Crippen LogP contribution in [0.4, 0.5) is 0 Å². The quantitative estimate of drug-likeness (QED) is 0.469. The fourth-order valence-corrected chi connectivity index (χ4v) is 0. The summed E-state index contributed by atoms with van der Waals surface area (Å²) in [5, 5.41) is 15.8. The van der Waals surface area contributed by atoms with Gasteiger partial charge < -0.3 is 27.4 Å². The second kappa shape index (κ2) is 18.7. The molecule has 114 valence electrons. The molecule has 0 aromatic heterocycles.